The molecule has 6 heterocycles. The molecule has 7 aromatic carbocycles. The molecule has 1 atom stereocenters. The van der Waals surface area contributed by atoms with E-state index in [9.17, 15) is 0 Å². The Bertz CT molecular complexity index is 4260. The van der Waals surface area contributed by atoms with E-state index in [2.05, 4.69) is 175 Å². The van der Waals surface area contributed by atoms with E-state index in [0.717, 1.165) is 44.0 Å². The van der Waals surface area contributed by atoms with Crippen LogP contribution in [0.5, 0.6) is 0 Å². The lowest BCUT2D eigenvalue weighted by Crippen LogP contribution is -1.85. The highest BCUT2D eigenvalue weighted by Gasteiger charge is 2.18. The Hall–Kier alpha value is -6.48. The molecular weight excluding hydrogens is 837 g/mol. The van der Waals surface area contributed by atoms with Crippen LogP contribution in [0.25, 0.3) is 114 Å². The minimum absolute atomic E-state index is 0.0568. The van der Waals surface area contributed by atoms with E-state index < -0.39 is 0 Å². The highest BCUT2D eigenvalue weighted by molar-refractivity contribution is 7.36. The molecule has 0 saturated carbocycles. The molecule has 0 fully saturated rings. The zero-order chi connectivity index (χ0) is 39.8. The van der Waals surface area contributed by atoms with E-state index >= 15 is 0 Å². The molecule has 1 unspecified atom stereocenters. The second-order valence-corrected chi connectivity index (χ2v) is 20.8. The number of hydrogen-bond donors (Lipinski definition) is 0. The summed E-state index contributed by atoms with van der Waals surface area (Å²) in [6.07, 6.45) is 9.04. The van der Waals surface area contributed by atoms with Crippen LogP contribution < -0.4 is 0 Å². The fraction of sp³-hybridized carbons (Fsp3) is 0.0182. The Morgan fingerprint density at radius 2 is 0.918 bits per heavy atom. The molecule has 0 N–H and O–H groups in total. The first-order chi connectivity index (χ1) is 30.2. The Morgan fingerprint density at radius 3 is 1.70 bits per heavy atom. The first kappa shape index (κ1) is 34.3. The van der Waals surface area contributed by atoms with Crippen molar-refractivity contribution in [1.29, 1.82) is 0 Å². The lowest BCUT2D eigenvalue weighted by Gasteiger charge is -2.01. The van der Waals surface area contributed by atoms with Gasteiger partial charge in [0.25, 0.3) is 0 Å². The first-order valence-electron chi connectivity index (χ1n) is 20.1. The van der Waals surface area contributed by atoms with Gasteiger partial charge in [0.05, 0.1) is 24.7 Å². The summed E-state index contributed by atoms with van der Waals surface area (Å²) in [5.41, 5.74) is 6.11. The molecule has 0 saturated heterocycles. The maximum absolute atomic E-state index is 6.68. The van der Waals surface area contributed by atoms with Crippen molar-refractivity contribution in [3.05, 3.63) is 167 Å². The van der Waals surface area contributed by atoms with Crippen molar-refractivity contribution in [3.63, 3.8) is 0 Å². The summed E-state index contributed by atoms with van der Waals surface area (Å²) < 4.78 is 18.7. The van der Waals surface area contributed by atoms with Crippen molar-refractivity contribution < 1.29 is 4.42 Å². The number of fused-ring (bicyclic) bond motifs is 19. The molecule has 0 amide bonds. The van der Waals surface area contributed by atoms with Crippen LogP contribution in [-0.4, -0.2) is 0 Å². The highest BCUT2D eigenvalue weighted by atomic mass is 32.1. The molecule has 0 bridgehead atoms. The lowest BCUT2D eigenvalue weighted by atomic mass is 10.0. The molecule has 6 heteroatoms. The van der Waals surface area contributed by atoms with E-state index in [0.29, 0.717) is 0 Å². The summed E-state index contributed by atoms with van der Waals surface area (Å²) >= 11 is 9.37. The second kappa shape index (κ2) is 13.0. The molecular formula is C55H26OS5. The molecule has 0 spiro atoms. The topological polar surface area (TPSA) is 13.1 Å². The lowest BCUT2D eigenvalue weighted by molar-refractivity contribution is 0.672. The van der Waals surface area contributed by atoms with Gasteiger partial charge in [0, 0.05) is 99.1 Å². The average molecular weight is 863 g/mol. The van der Waals surface area contributed by atoms with Crippen LogP contribution in [0.4, 0.5) is 0 Å². The van der Waals surface area contributed by atoms with Crippen molar-refractivity contribution in [1.82, 2.24) is 0 Å². The van der Waals surface area contributed by atoms with Gasteiger partial charge in [0.2, 0.25) is 0 Å². The van der Waals surface area contributed by atoms with Gasteiger partial charge in [-0.1, -0.05) is 103 Å². The van der Waals surface area contributed by atoms with Crippen LogP contribution in [0, 0.1) is 29.6 Å². The van der Waals surface area contributed by atoms with Crippen LogP contribution in [-0.2, 0) is 0 Å². The van der Waals surface area contributed by atoms with Crippen LogP contribution >= 0.6 is 56.7 Å². The normalized spacial score (nSPS) is 14.0. The fourth-order valence-corrected chi connectivity index (χ4v) is 15.6. The standard InChI is InChI=1S/C55H26OS5/c1-3-7-45-40(5-1)52-54(57-45)42-20-13-30(17-26-47(42)59-52)9-10-32-15-19-35-38-24-23-37-39(51(38)60-48(35)28-32)25-22-36-34-18-14-31(27-44(34)56-50(36)37)11-12-33-16-21-43-49(29-33)61-53-41-6-2-4-8-46(41)58-55(43)53/h1-8,13-30H. The molecule has 1 nitrogen and oxygen atoms in total. The number of allylic oxidation sites excluding steroid dienone is 2. The van der Waals surface area contributed by atoms with Crippen molar-refractivity contribution in [2.24, 2.45) is 5.92 Å². The summed E-state index contributed by atoms with van der Waals surface area (Å²) in [5, 5.41) is 11.1. The van der Waals surface area contributed by atoms with Gasteiger partial charge in [-0.3, -0.25) is 0 Å². The number of rotatable bonds is 0. The summed E-state index contributed by atoms with van der Waals surface area (Å²) in [7, 11) is 0. The van der Waals surface area contributed by atoms with Crippen LogP contribution in [0.3, 0.4) is 0 Å². The molecule has 14 rings (SSSR count). The Kier molecular flexibility index (Phi) is 7.31. The van der Waals surface area contributed by atoms with Gasteiger partial charge in [0.1, 0.15) is 11.2 Å². The van der Waals surface area contributed by atoms with E-state index in [1.165, 1.54) is 85.1 Å². The number of hydrogen-bond acceptors (Lipinski definition) is 6. The molecule has 61 heavy (non-hydrogen) atoms. The fourth-order valence-electron chi connectivity index (χ4n) is 9.03. The van der Waals surface area contributed by atoms with Crippen molar-refractivity contribution in [2.45, 2.75) is 0 Å². The van der Waals surface area contributed by atoms with Crippen molar-refractivity contribution >= 4 is 171 Å². The molecule has 1 aliphatic rings. The third-order valence-electron chi connectivity index (χ3n) is 12.0. The number of benzene rings is 7. The van der Waals surface area contributed by atoms with Gasteiger partial charge in [-0.05, 0) is 72.8 Å². The molecule has 13 aromatic rings. The second-order valence-electron chi connectivity index (χ2n) is 15.6. The summed E-state index contributed by atoms with van der Waals surface area (Å²) in [6.45, 7) is 0. The molecule has 1 aliphatic carbocycles. The van der Waals surface area contributed by atoms with Crippen LogP contribution in [0.1, 0.15) is 27.1 Å². The van der Waals surface area contributed by atoms with E-state index in [1.807, 2.05) is 56.7 Å². The number of thiophene rings is 5. The van der Waals surface area contributed by atoms with Crippen LogP contribution in [0.15, 0.2) is 144 Å². The van der Waals surface area contributed by atoms with Gasteiger partial charge < -0.3 is 4.42 Å². The summed E-state index contributed by atoms with van der Waals surface area (Å²) in [6, 6.07) is 46.0. The SMILES string of the molecule is C(#Cc1ccc2c(c1)sc1c3ccccc3sc21)c1ccc2c(c1)oc1c2ccc2c1ccc1c3ccc(C#CC4C=Cc5sc6c(sc7ccccc76)c5C=C4)cc3sc12. The summed E-state index contributed by atoms with van der Waals surface area (Å²) in [4.78, 5) is 1.32. The number of furan rings is 1. The van der Waals surface area contributed by atoms with Crippen LogP contribution in [0.2, 0.25) is 0 Å². The first-order valence-corrected chi connectivity index (χ1v) is 24.2. The smallest absolute Gasteiger partial charge is 0.143 e. The minimum atomic E-state index is 0.0568. The summed E-state index contributed by atoms with van der Waals surface area (Å²) in [5.74, 6) is 14.0. The van der Waals surface area contributed by atoms with E-state index in [-0.39, 0.29) is 5.92 Å². The quantitative estimate of drug-likeness (QED) is 0.138. The molecule has 282 valence electrons. The van der Waals surface area contributed by atoms with Gasteiger partial charge >= 0.3 is 0 Å². The Balaban J connectivity index is 0.771. The monoisotopic (exact) mass is 862 g/mol. The predicted octanol–water partition coefficient (Wildman–Crippen LogP) is 17.2. The maximum atomic E-state index is 6.68. The zero-order valence-corrected chi connectivity index (χ0v) is 36.0. The van der Waals surface area contributed by atoms with Gasteiger partial charge in [-0.2, -0.15) is 0 Å². The van der Waals surface area contributed by atoms with Gasteiger partial charge in [0.15, 0.2) is 0 Å². The Labute approximate surface area is 368 Å². The molecule has 6 aromatic heterocycles. The third-order valence-corrected chi connectivity index (χ3v) is 18.2. The molecule has 0 aliphatic heterocycles. The van der Waals surface area contributed by atoms with E-state index in [4.69, 9.17) is 4.42 Å². The van der Waals surface area contributed by atoms with Crippen molar-refractivity contribution in [3.8, 4) is 23.7 Å². The zero-order valence-electron chi connectivity index (χ0n) is 32.0. The maximum Gasteiger partial charge on any atom is 0.143 e. The minimum Gasteiger partial charge on any atom is -0.455 e. The largest absolute Gasteiger partial charge is 0.455 e. The van der Waals surface area contributed by atoms with Crippen molar-refractivity contribution in [2.75, 3.05) is 0 Å². The highest BCUT2D eigenvalue weighted by Crippen LogP contribution is 2.47. The van der Waals surface area contributed by atoms with E-state index in [1.54, 1.807) is 0 Å². The van der Waals surface area contributed by atoms with Gasteiger partial charge in [-0.25, -0.2) is 0 Å². The molecule has 0 radical (unpaired) electrons. The average Bonchev–Trinajstić information content (AvgIpc) is 4.13. The predicted molar refractivity (Wildman–Crippen MR) is 270 cm³/mol. The Morgan fingerprint density at radius 1 is 0.393 bits per heavy atom. The third kappa shape index (κ3) is 5.25. The van der Waals surface area contributed by atoms with Gasteiger partial charge in [-0.15, -0.1) is 56.7 Å².